The molecule has 4 nitrogen and oxygen atoms in total. The maximum absolute atomic E-state index is 6.49. The number of ether oxygens (including phenoxy) is 2. The average Bonchev–Trinajstić information content (AvgIpc) is 2.70. The molecule has 0 aliphatic heterocycles. The molecule has 0 aliphatic rings. The number of hydrazine groups is 1. The van der Waals surface area contributed by atoms with E-state index in [1.54, 1.807) is 0 Å². The van der Waals surface area contributed by atoms with Crippen molar-refractivity contribution >= 4 is 28.9 Å². The van der Waals surface area contributed by atoms with E-state index in [1.165, 1.54) is 0 Å². The Morgan fingerprint density at radius 3 is 2.36 bits per heavy atom. The second-order valence-electron chi connectivity index (χ2n) is 6.06. The van der Waals surface area contributed by atoms with E-state index in [0.29, 0.717) is 41.3 Å². The van der Waals surface area contributed by atoms with Gasteiger partial charge in [-0.2, -0.15) is 0 Å². The maximum atomic E-state index is 6.49. The van der Waals surface area contributed by atoms with E-state index in [9.17, 15) is 0 Å². The van der Waals surface area contributed by atoms with Crippen LogP contribution in [0.25, 0.3) is 0 Å². The number of anilines is 1. The highest BCUT2D eigenvalue weighted by atomic mass is 35.5. The monoisotopic (exact) mass is 416 g/mol. The fourth-order valence-electron chi connectivity index (χ4n) is 2.66. The number of hydrogen-bond acceptors (Lipinski definition) is 4. The van der Waals surface area contributed by atoms with Crippen LogP contribution < -0.4 is 20.3 Å². The molecule has 0 amide bonds. The summed E-state index contributed by atoms with van der Waals surface area (Å²) in [7, 11) is 0. The van der Waals surface area contributed by atoms with Crippen molar-refractivity contribution < 1.29 is 9.47 Å². The third-order valence-electron chi connectivity index (χ3n) is 4.00. The lowest BCUT2D eigenvalue weighted by Crippen LogP contribution is -2.20. The Bertz CT molecular complexity index is 904. The molecule has 146 valence electrons. The van der Waals surface area contributed by atoms with Crippen molar-refractivity contribution in [3.8, 4) is 11.5 Å². The first-order valence-corrected chi connectivity index (χ1v) is 9.78. The van der Waals surface area contributed by atoms with Crippen LogP contribution in [0.15, 0.2) is 66.7 Å². The number of para-hydroxylation sites is 1. The Labute approximate surface area is 175 Å². The topological polar surface area (TPSA) is 42.5 Å². The molecule has 0 saturated carbocycles. The molecule has 0 atom stereocenters. The largest absolute Gasteiger partial charge is 0.490 e. The predicted octanol–water partition coefficient (Wildman–Crippen LogP) is 6.09. The van der Waals surface area contributed by atoms with Crippen LogP contribution >= 0.6 is 23.2 Å². The van der Waals surface area contributed by atoms with E-state index in [1.807, 2.05) is 73.7 Å². The van der Waals surface area contributed by atoms with E-state index >= 15 is 0 Å². The summed E-state index contributed by atoms with van der Waals surface area (Å²) in [6, 6.07) is 21.2. The molecule has 3 aromatic carbocycles. The molecular weight excluding hydrogens is 395 g/mol. The van der Waals surface area contributed by atoms with Crippen LogP contribution in [-0.4, -0.2) is 6.61 Å². The van der Waals surface area contributed by atoms with Crippen LogP contribution in [0.4, 0.5) is 5.69 Å². The van der Waals surface area contributed by atoms with Crippen LogP contribution in [0.1, 0.15) is 18.1 Å². The molecule has 0 unspecified atom stereocenters. The Morgan fingerprint density at radius 1 is 0.857 bits per heavy atom. The first-order valence-electron chi connectivity index (χ1n) is 9.02. The number of halogens is 2. The van der Waals surface area contributed by atoms with Crippen molar-refractivity contribution in [2.24, 2.45) is 0 Å². The first-order chi connectivity index (χ1) is 13.7. The fraction of sp³-hybridized carbons (Fsp3) is 0.182. The van der Waals surface area contributed by atoms with Crippen LogP contribution in [-0.2, 0) is 13.2 Å². The fourth-order valence-corrected chi connectivity index (χ4v) is 3.14. The zero-order valence-electron chi connectivity index (χ0n) is 15.5. The number of nitrogens with one attached hydrogen (secondary N) is 2. The molecule has 0 radical (unpaired) electrons. The van der Waals surface area contributed by atoms with Gasteiger partial charge < -0.3 is 14.9 Å². The van der Waals surface area contributed by atoms with Crippen LogP contribution in [0.5, 0.6) is 11.5 Å². The Hall–Kier alpha value is -2.40. The summed E-state index contributed by atoms with van der Waals surface area (Å²) in [5, 5.41) is 1.15. The highest BCUT2D eigenvalue weighted by molar-refractivity contribution is 6.32. The molecular formula is C22H22Cl2N2O2. The highest BCUT2D eigenvalue weighted by Crippen LogP contribution is 2.37. The van der Waals surface area contributed by atoms with Gasteiger partial charge in [-0.3, -0.25) is 0 Å². The molecule has 0 heterocycles. The minimum atomic E-state index is 0.312. The number of rotatable bonds is 9. The molecule has 0 aliphatic carbocycles. The molecule has 0 spiro atoms. The lowest BCUT2D eigenvalue weighted by atomic mass is 10.2. The van der Waals surface area contributed by atoms with Crippen molar-refractivity contribution in [1.29, 1.82) is 0 Å². The number of benzene rings is 3. The van der Waals surface area contributed by atoms with Crippen molar-refractivity contribution in [3.05, 3.63) is 87.9 Å². The van der Waals surface area contributed by atoms with Gasteiger partial charge in [0.2, 0.25) is 0 Å². The summed E-state index contributed by atoms with van der Waals surface area (Å²) in [4.78, 5) is 0. The van der Waals surface area contributed by atoms with E-state index in [4.69, 9.17) is 32.7 Å². The van der Waals surface area contributed by atoms with Gasteiger partial charge in [0.25, 0.3) is 0 Å². The van der Waals surface area contributed by atoms with Crippen LogP contribution in [0, 0.1) is 0 Å². The quantitative estimate of drug-likeness (QED) is 0.414. The molecule has 0 bridgehead atoms. The second kappa shape index (κ2) is 10.2. The van der Waals surface area contributed by atoms with Gasteiger partial charge in [-0.25, -0.2) is 5.43 Å². The van der Waals surface area contributed by atoms with E-state index in [0.717, 1.165) is 16.8 Å². The van der Waals surface area contributed by atoms with Gasteiger partial charge in [0, 0.05) is 22.8 Å². The van der Waals surface area contributed by atoms with Gasteiger partial charge >= 0.3 is 0 Å². The lowest BCUT2D eigenvalue weighted by molar-refractivity contribution is 0.269. The third kappa shape index (κ3) is 5.55. The molecule has 0 saturated heterocycles. The standard InChI is InChI=1S/C22H22Cl2N2O2/c1-2-27-21-13-16(14-25-26-18-9-4-3-5-10-18)12-20(24)22(21)28-15-17-8-6-7-11-19(17)23/h3-13,25-26H,2,14-15H2,1H3. The first kappa shape index (κ1) is 20.3. The van der Waals surface area contributed by atoms with Crippen molar-refractivity contribution in [1.82, 2.24) is 5.43 Å². The molecule has 0 fully saturated rings. The molecule has 28 heavy (non-hydrogen) atoms. The van der Waals surface area contributed by atoms with Crippen LogP contribution in [0.3, 0.4) is 0 Å². The smallest absolute Gasteiger partial charge is 0.180 e. The zero-order valence-corrected chi connectivity index (χ0v) is 17.1. The second-order valence-corrected chi connectivity index (χ2v) is 6.88. The number of hydrogen-bond donors (Lipinski definition) is 2. The van der Waals surface area contributed by atoms with Gasteiger partial charge in [0.05, 0.1) is 11.6 Å². The van der Waals surface area contributed by atoms with Crippen molar-refractivity contribution in [2.45, 2.75) is 20.1 Å². The summed E-state index contributed by atoms with van der Waals surface area (Å²) >= 11 is 12.7. The molecule has 0 aromatic heterocycles. The molecule has 3 aromatic rings. The Morgan fingerprint density at radius 2 is 1.61 bits per heavy atom. The van der Waals surface area contributed by atoms with Crippen molar-refractivity contribution in [3.63, 3.8) is 0 Å². The summed E-state index contributed by atoms with van der Waals surface area (Å²) in [5.74, 6) is 1.13. The Balaban J connectivity index is 1.69. The average molecular weight is 417 g/mol. The van der Waals surface area contributed by atoms with E-state index < -0.39 is 0 Å². The van der Waals surface area contributed by atoms with Gasteiger partial charge in [-0.05, 0) is 42.8 Å². The summed E-state index contributed by atoms with van der Waals surface area (Å²) < 4.78 is 11.7. The lowest BCUT2D eigenvalue weighted by Gasteiger charge is -2.16. The zero-order chi connectivity index (χ0) is 19.8. The van der Waals surface area contributed by atoms with Gasteiger partial charge in [0.15, 0.2) is 11.5 Å². The van der Waals surface area contributed by atoms with Crippen LogP contribution in [0.2, 0.25) is 10.0 Å². The highest BCUT2D eigenvalue weighted by Gasteiger charge is 2.13. The SMILES string of the molecule is CCOc1cc(CNNc2ccccc2)cc(Cl)c1OCc1ccccc1Cl. The third-order valence-corrected chi connectivity index (χ3v) is 4.65. The molecule has 2 N–H and O–H groups in total. The maximum Gasteiger partial charge on any atom is 0.180 e. The molecule has 6 heteroatoms. The van der Waals surface area contributed by atoms with E-state index in [2.05, 4.69) is 10.9 Å². The molecule has 3 rings (SSSR count). The Kier molecular flexibility index (Phi) is 7.43. The normalized spacial score (nSPS) is 10.5. The minimum Gasteiger partial charge on any atom is -0.490 e. The predicted molar refractivity (Wildman–Crippen MR) is 115 cm³/mol. The summed E-state index contributed by atoms with van der Waals surface area (Å²) in [6.07, 6.45) is 0. The summed E-state index contributed by atoms with van der Waals surface area (Å²) in [6.45, 7) is 3.32. The van der Waals surface area contributed by atoms with Gasteiger partial charge in [0.1, 0.15) is 6.61 Å². The van der Waals surface area contributed by atoms with Gasteiger partial charge in [-0.1, -0.05) is 59.6 Å². The summed E-state index contributed by atoms with van der Waals surface area (Å²) in [5.41, 5.74) is 9.18. The van der Waals surface area contributed by atoms with Gasteiger partial charge in [-0.15, -0.1) is 0 Å². The van der Waals surface area contributed by atoms with Crippen molar-refractivity contribution in [2.75, 3.05) is 12.0 Å². The van der Waals surface area contributed by atoms with E-state index in [-0.39, 0.29) is 0 Å². The minimum absolute atomic E-state index is 0.312.